The quantitative estimate of drug-likeness (QED) is 0.669. The summed E-state index contributed by atoms with van der Waals surface area (Å²) in [4.78, 5) is 2.42. The zero-order chi connectivity index (χ0) is 9.84. The molecule has 1 aliphatic heterocycles. The van der Waals surface area contributed by atoms with E-state index in [0.717, 1.165) is 13.1 Å². The van der Waals surface area contributed by atoms with Crippen LogP contribution >= 0.6 is 0 Å². The molecule has 1 rings (SSSR count). The maximum absolute atomic E-state index is 9.07. The maximum atomic E-state index is 9.07. The van der Waals surface area contributed by atoms with Crippen LogP contribution in [0.2, 0.25) is 0 Å². The van der Waals surface area contributed by atoms with Crippen LogP contribution in [0.1, 0.15) is 26.7 Å². The van der Waals surface area contributed by atoms with Crippen molar-refractivity contribution in [3.05, 3.63) is 0 Å². The van der Waals surface area contributed by atoms with Gasteiger partial charge in [0.05, 0.1) is 0 Å². The molecule has 1 aliphatic rings. The van der Waals surface area contributed by atoms with Crippen molar-refractivity contribution in [1.29, 1.82) is 0 Å². The fourth-order valence-corrected chi connectivity index (χ4v) is 2.23. The monoisotopic (exact) mass is 186 g/mol. The molecule has 13 heavy (non-hydrogen) atoms. The van der Waals surface area contributed by atoms with Crippen LogP contribution in [-0.4, -0.2) is 41.8 Å². The second-order valence-corrected chi connectivity index (χ2v) is 4.03. The van der Waals surface area contributed by atoms with Crippen LogP contribution in [-0.2, 0) is 0 Å². The molecular formula is C10H22N2O. The highest BCUT2D eigenvalue weighted by Gasteiger charge is 2.32. The van der Waals surface area contributed by atoms with E-state index in [1.165, 1.54) is 12.8 Å². The van der Waals surface area contributed by atoms with Gasteiger partial charge in [-0.1, -0.05) is 13.8 Å². The summed E-state index contributed by atoms with van der Waals surface area (Å²) in [5.74, 6) is 0.292. The summed E-state index contributed by atoms with van der Waals surface area (Å²) >= 11 is 0. The van der Waals surface area contributed by atoms with Gasteiger partial charge >= 0.3 is 0 Å². The lowest BCUT2D eigenvalue weighted by Gasteiger charge is -2.25. The smallest absolute Gasteiger partial charge is 0.0486 e. The number of aliphatic hydroxyl groups excluding tert-OH is 1. The van der Waals surface area contributed by atoms with Gasteiger partial charge in [-0.3, -0.25) is 4.90 Å². The van der Waals surface area contributed by atoms with E-state index >= 15 is 0 Å². The molecule has 0 spiro atoms. The number of aliphatic hydroxyl groups is 1. The first-order valence-electron chi connectivity index (χ1n) is 5.33. The Kier molecular flexibility index (Phi) is 4.16. The summed E-state index contributed by atoms with van der Waals surface area (Å²) < 4.78 is 0. The van der Waals surface area contributed by atoms with Gasteiger partial charge in [-0.05, 0) is 12.8 Å². The van der Waals surface area contributed by atoms with Crippen LogP contribution in [0, 0.1) is 5.92 Å². The largest absolute Gasteiger partial charge is 0.396 e. The molecule has 3 nitrogen and oxygen atoms in total. The van der Waals surface area contributed by atoms with Gasteiger partial charge in [0.25, 0.3) is 0 Å². The first-order valence-corrected chi connectivity index (χ1v) is 5.33. The minimum absolute atomic E-state index is 0.172. The number of rotatable bonds is 4. The highest BCUT2D eigenvalue weighted by atomic mass is 16.3. The molecular weight excluding hydrogens is 164 g/mol. The fraction of sp³-hybridized carbons (Fsp3) is 1.00. The number of nitrogens with zero attached hydrogens (tertiary/aromatic N) is 1. The van der Waals surface area contributed by atoms with Crippen molar-refractivity contribution in [2.24, 2.45) is 11.7 Å². The van der Waals surface area contributed by atoms with Gasteiger partial charge in [0.15, 0.2) is 0 Å². The van der Waals surface area contributed by atoms with Gasteiger partial charge < -0.3 is 10.8 Å². The Labute approximate surface area is 80.9 Å². The van der Waals surface area contributed by atoms with Crippen molar-refractivity contribution in [2.75, 3.05) is 19.7 Å². The Morgan fingerprint density at radius 2 is 2.00 bits per heavy atom. The van der Waals surface area contributed by atoms with E-state index in [2.05, 4.69) is 18.7 Å². The standard InChI is InChI=1S/C10H22N2O/c1-3-9(4-2)12-5-8(7-13)10(11)6-12/h8-10,13H,3-7,11H2,1-2H3/t8-,10+/m1/s1. The summed E-state index contributed by atoms with van der Waals surface area (Å²) in [5, 5.41) is 9.07. The lowest BCUT2D eigenvalue weighted by molar-refractivity contribution is 0.190. The molecule has 0 saturated carbocycles. The minimum Gasteiger partial charge on any atom is -0.396 e. The van der Waals surface area contributed by atoms with Crippen molar-refractivity contribution < 1.29 is 5.11 Å². The molecule has 0 bridgehead atoms. The molecule has 0 unspecified atom stereocenters. The molecule has 3 N–H and O–H groups in total. The van der Waals surface area contributed by atoms with E-state index in [0.29, 0.717) is 12.0 Å². The van der Waals surface area contributed by atoms with Gasteiger partial charge in [-0.2, -0.15) is 0 Å². The normalized spacial score (nSPS) is 30.2. The molecule has 0 aromatic heterocycles. The van der Waals surface area contributed by atoms with E-state index in [1.807, 2.05) is 0 Å². The summed E-state index contributed by atoms with van der Waals surface area (Å²) in [6, 6.07) is 0.827. The van der Waals surface area contributed by atoms with E-state index in [4.69, 9.17) is 10.8 Å². The Bertz CT molecular complexity index is 148. The SMILES string of the molecule is CCC(CC)N1C[C@H](CO)[C@@H](N)C1. The summed E-state index contributed by atoms with van der Waals surface area (Å²) in [5.41, 5.74) is 5.93. The van der Waals surface area contributed by atoms with E-state index in [-0.39, 0.29) is 12.6 Å². The molecule has 78 valence electrons. The first kappa shape index (κ1) is 11.0. The summed E-state index contributed by atoms with van der Waals surface area (Å²) in [6.07, 6.45) is 2.36. The fourth-order valence-electron chi connectivity index (χ4n) is 2.23. The number of likely N-dealkylation sites (tertiary alicyclic amines) is 1. The van der Waals surface area contributed by atoms with E-state index < -0.39 is 0 Å². The van der Waals surface area contributed by atoms with Gasteiger partial charge in [0.1, 0.15) is 0 Å². The third kappa shape index (κ3) is 2.42. The predicted octanol–water partition coefficient (Wildman–Crippen LogP) is 0.426. The summed E-state index contributed by atoms with van der Waals surface area (Å²) in [7, 11) is 0. The highest BCUT2D eigenvalue weighted by molar-refractivity contribution is 4.88. The molecule has 3 heteroatoms. The topological polar surface area (TPSA) is 49.5 Å². The molecule has 1 fully saturated rings. The Morgan fingerprint density at radius 3 is 2.38 bits per heavy atom. The lowest BCUT2D eigenvalue weighted by atomic mass is 10.1. The van der Waals surface area contributed by atoms with E-state index in [1.54, 1.807) is 0 Å². The zero-order valence-electron chi connectivity index (χ0n) is 8.74. The van der Waals surface area contributed by atoms with Crippen LogP contribution in [0.5, 0.6) is 0 Å². The average Bonchev–Trinajstić information content (AvgIpc) is 2.49. The van der Waals surface area contributed by atoms with Crippen molar-refractivity contribution in [2.45, 2.75) is 38.8 Å². The molecule has 0 aromatic carbocycles. The number of nitrogens with two attached hydrogens (primary N) is 1. The Hall–Kier alpha value is -0.120. The highest BCUT2D eigenvalue weighted by Crippen LogP contribution is 2.20. The Balaban J connectivity index is 2.46. The van der Waals surface area contributed by atoms with Gasteiger partial charge in [-0.25, -0.2) is 0 Å². The van der Waals surface area contributed by atoms with Crippen LogP contribution in [0.3, 0.4) is 0 Å². The van der Waals surface area contributed by atoms with Crippen molar-refractivity contribution in [3.63, 3.8) is 0 Å². The second-order valence-electron chi connectivity index (χ2n) is 4.03. The lowest BCUT2D eigenvalue weighted by Crippen LogP contribution is -2.34. The van der Waals surface area contributed by atoms with Gasteiger partial charge in [0.2, 0.25) is 0 Å². The van der Waals surface area contributed by atoms with Crippen molar-refractivity contribution in [1.82, 2.24) is 4.90 Å². The third-order valence-corrected chi connectivity index (χ3v) is 3.21. The molecule has 1 saturated heterocycles. The molecule has 0 amide bonds. The van der Waals surface area contributed by atoms with Crippen LogP contribution in [0.4, 0.5) is 0 Å². The van der Waals surface area contributed by atoms with Gasteiger partial charge in [-0.15, -0.1) is 0 Å². The molecule has 0 radical (unpaired) electrons. The minimum atomic E-state index is 0.172. The van der Waals surface area contributed by atoms with Gasteiger partial charge in [0, 0.05) is 37.7 Å². The first-order chi connectivity index (χ1) is 6.22. The Morgan fingerprint density at radius 1 is 1.38 bits per heavy atom. The molecule has 0 aromatic rings. The van der Waals surface area contributed by atoms with Crippen LogP contribution in [0.25, 0.3) is 0 Å². The average molecular weight is 186 g/mol. The predicted molar refractivity (Wildman–Crippen MR) is 54.5 cm³/mol. The molecule has 2 atom stereocenters. The number of hydrogen-bond donors (Lipinski definition) is 2. The van der Waals surface area contributed by atoms with Crippen LogP contribution in [0.15, 0.2) is 0 Å². The maximum Gasteiger partial charge on any atom is 0.0486 e. The third-order valence-electron chi connectivity index (χ3n) is 3.21. The zero-order valence-corrected chi connectivity index (χ0v) is 8.74. The molecule has 0 aliphatic carbocycles. The summed E-state index contributed by atoms with van der Waals surface area (Å²) in [6.45, 7) is 6.59. The molecule has 1 heterocycles. The second kappa shape index (κ2) is 4.94. The van der Waals surface area contributed by atoms with Crippen molar-refractivity contribution in [3.8, 4) is 0 Å². The number of hydrogen-bond acceptors (Lipinski definition) is 3. The van der Waals surface area contributed by atoms with E-state index in [9.17, 15) is 0 Å². The van der Waals surface area contributed by atoms with Crippen LogP contribution < -0.4 is 5.73 Å². The van der Waals surface area contributed by atoms with Crippen molar-refractivity contribution >= 4 is 0 Å².